The first-order valence-corrected chi connectivity index (χ1v) is 8.37. The van der Waals surface area contributed by atoms with Gasteiger partial charge in [0.25, 0.3) is 0 Å². The Balaban J connectivity index is 1.72. The van der Waals surface area contributed by atoms with Crippen LogP contribution in [0.25, 0.3) is 0 Å². The average Bonchev–Trinajstić information content (AvgIpc) is 3.21. The van der Waals surface area contributed by atoms with Crippen LogP contribution >= 0.6 is 11.3 Å². The molecule has 0 aliphatic carbocycles. The van der Waals surface area contributed by atoms with E-state index in [0.29, 0.717) is 6.42 Å². The second-order valence-corrected chi connectivity index (χ2v) is 6.73. The van der Waals surface area contributed by atoms with Crippen LogP contribution in [0.1, 0.15) is 16.9 Å². The van der Waals surface area contributed by atoms with Crippen molar-refractivity contribution < 1.29 is 9.53 Å². The van der Waals surface area contributed by atoms with Crippen LogP contribution < -0.4 is 0 Å². The minimum Gasteiger partial charge on any atom is -0.379 e. The molecule has 2 aromatic heterocycles. The summed E-state index contributed by atoms with van der Waals surface area (Å²) in [5, 5.41) is 6.23. The van der Waals surface area contributed by atoms with E-state index in [1.54, 1.807) is 23.1 Å². The average molecular weight is 319 g/mol. The predicted octanol–water partition coefficient (Wildman–Crippen LogP) is 1.88. The number of thiophene rings is 1. The lowest BCUT2D eigenvalue weighted by Crippen LogP contribution is -2.42. The summed E-state index contributed by atoms with van der Waals surface area (Å²) in [5.41, 5.74) is 1.14. The molecule has 0 unspecified atom stereocenters. The number of ether oxygens (including phenoxy) is 1. The molecule has 1 aliphatic rings. The summed E-state index contributed by atoms with van der Waals surface area (Å²) in [7, 11) is 3.64. The Morgan fingerprint density at radius 3 is 3.05 bits per heavy atom. The molecule has 2 atom stereocenters. The molecule has 1 saturated heterocycles. The van der Waals surface area contributed by atoms with Gasteiger partial charge in [0.05, 0.1) is 24.8 Å². The Morgan fingerprint density at radius 1 is 1.55 bits per heavy atom. The minimum atomic E-state index is 0.0988. The molecule has 1 fully saturated rings. The van der Waals surface area contributed by atoms with Crippen LogP contribution in [-0.4, -0.2) is 46.4 Å². The van der Waals surface area contributed by atoms with Crippen LogP contribution in [0.5, 0.6) is 0 Å². The molecule has 5 nitrogen and oxygen atoms in total. The van der Waals surface area contributed by atoms with Gasteiger partial charge in [-0.25, -0.2) is 0 Å². The van der Waals surface area contributed by atoms with E-state index in [9.17, 15) is 4.79 Å². The number of hydrogen-bond donors (Lipinski definition) is 0. The lowest BCUT2D eigenvalue weighted by molar-refractivity contribution is -0.132. The molecule has 6 heteroatoms. The molecule has 0 saturated carbocycles. The lowest BCUT2D eigenvalue weighted by Gasteiger charge is -2.27. The topological polar surface area (TPSA) is 47.4 Å². The molecule has 2 aromatic rings. The van der Waals surface area contributed by atoms with E-state index in [0.717, 1.165) is 29.8 Å². The Bertz CT molecular complexity index is 623. The highest BCUT2D eigenvalue weighted by Gasteiger charge is 2.37. The normalized spacial score (nSPS) is 21.5. The molecule has 0 radical (unpaired) electrons. The van der Waals surface area contributed by atoms with Gasteiger partial charge in [0.15, 0.2) is 0 Å². The van der Waals surface area contributed by atoms with E-state index >= 15 is 0 Å². The number of aryl methyl sites for hydroxylation is 1. The zero-order valence-corrected chi connectivity index (χ0v) is 13.8. The molecule has 118 valence electrons. The van der Waals surface area contributed by atoms with E-state index in [-0.39, 0.29) is 18.1 Å². The lowest BCUT2D eigenvalue weighted by atomic mass is 10.0. The van der Waals surface area contributed by atoms with Crippen LogP contribution in [0.15, 0.2) is 29.9 Å². The molecular formula is C16H21N3O2S. The van der Waals surface area contributed by atoms with Gasteiger partial charge in [-0.3, -0.25) is 9.48 Å². The number of carbonyl (C=O) groups excluding carboxylic acids is 1. The zero-order chi connectivity index (χ0) is 15.5. The third-order valence-corrected chi connectivity index (χ3v) is 5.09. The molecule has 0 N–H and O–H groups in total. The van der Waals surface area contributed by atoms with Crippen molar-refractivity contribution in [2.75, 3.05) is 13.7 Å². The Morgan fingerprint density at radius 2 is 2.41 bits per heavy atom. The molecule has 3 heterocycles. The molecule has 0 spiro atoms. The number of amides is 1. The first-order chi connectivity index (χ1) is 10.7. The van der Waals surface area contributed by atoms with Crippen LogP contribution in [0.4, 0.5) is 0 Å². The fourth-order valence-electron chi connectivity index (χ4n) is 3.13. The van der Waals surface area contributed by atoms with Crippen molar-refractivity contribution >= 4 is 17.2 Å². The number of methoxy groups -OCH3 is 1. The van der Waals surface area contributed by atoms with Gasteiger partial charge in [-0.1, -0.05) is 6.07 Å². The van der Waals surface area contributed by atoms with Gasteiger partial charge >= 0.3 is 0 Å². The minimum absolute atomic E-state index is 0.0988. The second-order valence-electron chi connectivity index (χ2n) is 5.70. The molecule has 1 amide bonds. The molecule has 3 rings (SSSR count). The second kappa shape index (κ2) is 6.62. The number of rotatable bonds is 5. The number of carbonyl (C=O) groups is 1. The number of nitrogens with zero attached hydrogens (tertiary/aromatic N) is 3. The van der Waals surface area contributed by atoms with Gasteiger partial charge in [-0.2, -0.15) is 5.10 Å². The van der Waals surface area contributed by atoms with Crippen molar-refractivity contribution in [3.63, 3.8) is 0 Å². The maximum Gasteiger partial charge on any atom is 0.228 e. The summed E-state index contributed by atoms with van der Waals surface area (Å²) in [6.45, 7) is 0.771. The summed E-state index contributed by atoms with van der Waals surface area (Å²) in [4.78, 5) is 15.7. The smallest absolute Gasteiger partial charge is 0.228 e. The van der Waals surface area contributed by atoms with Crippen LogP contribution in [0, 0.1) is 0 Å². The number of hydrogen-bond acceptors (Lipinski definition) is 4. The van der Waals surface area contributed by atoms with E-state index < -0.39 is 0 Å². The van der Waals surface area contributed by atoms with E-state index in [1.165, 1.54) is 0 Å². The van der Waals surface area contributed by atoms with E-state index in [4.69, 9.17) is 4.74 Å². The van der Waals surface area contributed by atoms with Crippen molar-refractivity contribution in [3.8, 4) is 0 Å². The summed E-state index contributed by atoms with van der Waals surface area (Å²) >= 11 is 1.63. The van der Waals surface area contributed by atoms with Crippen molar-refractivity contribution in [2.45, 2.75) is 31.4 Å². The maximum atomic E-state index is 12.6. The molecular weight excluding hydrogens is 298 g/mol. The van der Waals surface area contributed by atoms with Crippen LogP contribution in [0.2, 0.25) is 0 Å². The summed E-state index contributed by atoms with van der Waals surface area (Å²) in [6, 6.07) is 4.10. The van der Waals surface area contributed by atoms with Gasteiger partial charge in [0, 0.05) is 31.8 Å². The molecule has 0 bridgehead atoms. The summed E-state index contributed by atoms with van der Waals surface area (Å²) in [6.07, 6.45) is 6.16. The molecule has 22 heavy (non-hydrogen) atoms. The fourth-order valence-corrected chi connectivity index (χ4v) is 3.83. The first kappa shape index (κ1) is 15.2. The predicted molar refractivity (Wildman–Crippen MR) is 85.9 cm³/mol. The van der Waals surface area contributed by atoms with Gasteiger partial charge in [0.2, 0.25) is 5.91 Å². The highest BCUT2D eigenvalue weighted by atomic mass is 32.1. The SMILES string of the molecule is CO[C@H]1CCN(C(=O)Cc2cccs2)[C@@H]1Cc1cnn(C)c1. The molecule has 0 aromatic carbocycles. The zero-order valence-electron chi connectivity index (χ0n) is 12.9. The quantitative estimate of drug-likeness (QED) is 0.845. The first-order valence-electron chi connectivity index (χ1n) is 7.49. The Hall–Kier alpha value is -1.66. The van der Waals surface area contributed by atoms with Crippen molar-refractivity contribution in [3.05, 3.63) is 40.3 Å². The van der Waals surface area contributed by atoms with Gasteiger partial charge in [-0.15, -0.1) is 11.3 Å². The van der Waals surface area contributed by atoms with Crippen molar-refractivity contribution in [1.29, 1.82) is 0 Å². The van der Waals surface area contributed by atoms with Crippen molar-refractivity contribution in [2.24, 2.45) is 7.05 Å². The number of aromatic nitrogens is 2. The summed E-state index contributed by atoms with van der Waals surface area (Å²) in [5.74, 6) is 0.191. The van der Waals surface area contributed by atoms with E-state index in [1.807, 2.05) is 41.9 Å². The van der Waals surface area contributed by atoms with Crippen LogP contribution in [0.3, 0.4) is 0 Å². The van der Waals surface area contributed by atoms with Gasteiger partial charge in [0.1, 0.15) is 0 Å². The Labute approximate surface area is 134 Å². The highest BCUT2D eigenvalue weighted by Crippen LogP contribution is 2.25. The maximum absolute atomic E-state index is 12.6. The standard InChI is InChI=1S/C16H21N3O2S/c1-18-11-12(10-17-18)8-14-15(21-2)5-6-19(14)16(20)9-13-4-3-7-22-13/h3-4,7,10-11,14-15H,5-6,8-9H2,1-2H3/t14-,15+/m1/s1. The molecule has 1 aliphatic heterocycles. The third-order valence-electron chi connectivity index (χ3n) is 4.22. The largest absolute Gasteiger partial charge is 0.379 e. The monoisotopic (exact) mass is 319 g/mol. The van der Waals surface area contributed by atoms with E-state index in [2.05, 4.69) is 5.10 Å². The van der Waals surface area contributed by atoms with Crippen LogP contribution in [-0.2, 0) is 29.4 Å². The summed E-state index contributed by atoms with van der Waals surface area (Å²) < 4.78 is 7.40. The highest BCUT2D eigenvalue weighted by molar-refractivity contribution is 7.10. The fraction of sp³-hybridized carbons (Fsp3) is 0.500. The number of likely N-dealkylation sites (tertiary alicyclic amines) is 1. The van der Waals surface area contributed by atoms with Gasteiger partial charge in [-0.05, 0) is 29.9 Å². The Kier molecular flexibility index (Phi) is 4.59. The third kappa shape index (κ3) is 3.23. The van der Waals surface area contributed by atoms with Crippen molar-refractivity contribution in [1.82, 2.24) is 14.7 Å². The van der Waals surface area contributed by atoms with Gasteiger partial charge < -0.3 is 9.64 Å².